The molecule has 1 saturated heterocycles. The van der Waals surface area contributed by atoms with Crippen LogP contribution in [0.2, 0.25) is 0 Å². The van der Waals surface area contributed by atoms with Gasteiger partial charge in [0.05, 0.1) is 12.2 Å². The van der Waals surface area contributed by atoms with E-state index in [1.807, 2.05) is 24.3 Å². The van der Waals surface area contributed by atoms with E-state index in [0.29, 0.717) is 16.9 Å². The fourth-order valence-corrected chi connectivity index (χ4v) is 3.07. The van der Waals surface area contributed by atoms with E-state index < -0.39 is 0 Å². The maximum atomic E-state index is 12.2. The molecule has 1 aromatic carbocycles. The molecule has 1 aliphatic rings. The van der Waals surface area contributed by atoms with Gasteiger partial charge in [-0.1, -0.05) is 0 Å². The maximum Gasteiger partial charge on any atom is 0.272 e. The second-order valence-electron chi connectivity index (χ2n) is 6.52. The van der Waals surface area contributed by atoms with E-state index in [1.54, 1.807) is 12.3 Å². The fourth-order valence-electron chi connectivity index (χ4n) is 3.07. The summed E-state index contributed by atoms with van der Waals surface area (Å²) in [6.07, 6.45) is 1.94. The van der Waals surface area contributed by atoms with Crippen molar-refractivity contribution in [3.05, 3.63) is 47.8 Å². The van der Waals surface area contributed by atoms with Gasteiger partial charge in [0.25, 0.3) is 5.91 Å². The lowest BCUT2D eigenvalue weighted by Gasteiger charge is -2.36. The Morgan fingerprint density at radius 3 is 2.36 bits per heavy atom. The number of amides is 1. The molecule has 0 aliphatic carbocycles. The molecule has 2 N–H and O–H groups in total. The van der Waals surface area contributed by atoms with E-state index in [4.69, 9.17) is 4.74 Å². The SMILES string of the molecule is CC(=O)c1c[nH]c(C(=O)Nc2ccc(N3C[C@H](C)O[C@@H](C)C3)cc2)c1. The molecular weight excluding hydrogens is 318 g/mol. The van der Waals surface area contributed by atoms with Crippen LogP contribution in [0.5, 0.6) is 0 Å². The number of carbonyl (C=O) groups is 2. The molecule has 0 saturated carbocycles. The number of hydrogen-bond acceptors (Lipinski definition) is 4. The number of aromatic amines is 1. The third-order valence-electron chi connectivity index (χ3n) is 4.24. The van der Waals surface area contributed by atoms with Crippen molar-refractivity contribution in [3.8, 4) is 0 Å². The summed E-state index contributed by atoms with van der Waals surface area (Å²) in [6.45, 7) is 7.32. The Labute approximate surface area is 147 Å². The van der Waals surface area contributed by atoms with Crippen LogP contribution in [0, 0.1) is 0 Å². The van der Waals surface area contributed by atoms with Crippen LogP contribution in [-0.4, -0.2) is 42.0 Å². The highest BCUT2D eigenvalue weighted by molar-refractivity contribution is 6.05. The lowest BCUT2D eigenvalue weighted by Crippen LogP contribution is -2.45. The van der Waals surface area contributed by atoms with Gasteiger partial charge in [0.15, 0.2) is 5.78 Å². The Morgan fingerprint density at radius 1 is 1.16 bits per heavy atom. The molecule has 132 valence electrons. The number of nitrogens with one attached hydrogen (secondary N) is 2. The van der Waals surface area contributed by atoms with Gasteiger partial charge in [0, 0.05) is 36.2 Å². The first kappa shape index (κ1) is 17.2. The summed E-state index contributed by atoms with van der Waals surface area (Å²) in [5.41, 5.74) is 2.68. The molecule has 1 aromatic heterocycles. The molecule has 2 heterocycles. The minimum Gasteiger partial charge on any atom is -0.372 e. The predicted molar refractivity (Wildman–Crippen MR) is 97.4 cm³/mol. The van der Waals surface area contributed by atoms with E-state index in [9.17, 15) is 9.59 Å². The molecule has 3 rings (SSSR count). The molecule has 0 bridgehead atoms. The topological polar surface area (TPSA) is 74.4 Å². The van der Waals surface area contributed by atoms with Crippen molar-refractivity contribution in [2.24, 2.45) is 0 Å². The van der Waals surface area contributed by atoms with Crippen molar-refractivity contribution < 1.29 is 14.3 Å². The van der Waals surface area contributed by atoms with Crippen molar-refractivity contribution in [1.82, 2.24) is 4.98 Å². The van der Waals surface area contributed by atoms with Crippen LogP contribution in [0.1, 0.15) is 41.6 Å². The minimum atomic E-state index is -0.270. The van der Waals surface area contributed by atoms with Gasteiger partial charge >= 0.3 is 0 Å². The van der Waals surface area contributed by atoms with E-state index in [0.717, 1.165) is 18.8 Å². The summed E-state index contributed by atoms with van der Waals surface area (Å²) in [7, 11) is 0. The number of benzene rings is 1. The van der Waals surface area contributed by atoms with E-state index in [1.165, 1.54) is 6.92 Å². The number of ether oxygens (including phenoxy) is 1. The van der Waals surface area contributed by atoms with Crippen LogP contribution in [0.3, 0.4) is 0 Å². The second-order valence-corrected chi connectivity index (χ2v) is 6.52. The summed E-state index contributed by atoms with van der Waals surface area (Å²) >= 11 is 0. The lowest BCUT2D eigenvalue weighted by molar-refractivity contribution is -0.00521. The normalized spacial score (nSPS) is 20.4. The largest absolute Gasteiger partial charge is 0.372 e. The van der Waals surface area contributed by atoms with E-state index in [2.05, 4.69) is 29.0 Å². The molecule has 2 aromatic rings. The molecule has 0 unspecified atom stereocenters. The van der Waals surface area contributed by atoms with Crippen LogP contribution >= 0.6 is 0 Å². The summed E-state index contributed by atoms with van der Waals surface area (Å²) in [5, 5.41) is 2.83. The first-order valence-corrected chi connectivity index (χ1v) is 8.43. The summed E-state index contributed by atoms with van der Waals surface area (Å²) < 4.78 is 5.76. The number of carbonyl (C=O) groups excluding carboxylic acids is 2. The Hall–Kier alpha value is -2.60. The average molecular weight is 341 g/mol. The van der Waals surface area contributed by atoms with E-state index in [-0.39, 0.29) is 23.9 Å². The third kappa shape index (κ3) is 4.09. The van der Waals surface area contributed by atoms with E-state index >= 15 is 0 Å². The van der Waals surface area contributed by atoms with Crippen LogP contribution in [0.25, 0.3) is 0 Å². The van der Waals surface area contributed by atoms with Gasteiger partial charge in [0.2, 0.25) is 0 Å². The molecule has 1 aliphatic heterocycles. The molecule has 6 nitrogen and oxygen atoms in total. The van der Waals surface area contributed by atoms with Gasteiger partial charge in [-0.3, -0.25) is 9.59 Å². The molecule has 0 radical (unpaired) electrons. The monoisotopic (exact) mass is 341 g/mol. The number of morpholine rings is 1. The minimum absolute atomic E-state index is 0.0754. The second kappa shape index (κ2) is 7.11. The van der Waals surface area contributed by atoms with Crippen LogP contribution in [0.15, 0.2) is 36.5 Å². The Kier molecular flexibility index (Phi) is 4.90. The summed E-state index contributed by atoms with van der Waals surface area (Å²) in [5.74, 6) is -0.345. The van der Waals surface area contributed by atoms with Crippen molar-refractivity contribution in [3.63, 3.8) is 0 Å². The first-order chi connectivity index (χ1) is 11.9. The molecule has 6 heteroatoms. The molecule has 1 fully saturated rings. The van der Waals surface area contributed by atoms with Gasteiger partial charge in [-0.05, 0) is 51.1 Å². The summed E-state index contributed by atoms with van der Waals surface area (Å²) in [6, 6.07) is 9.31. The number of aromatic nitrogens is 1. The number of ketones is 1. The first-order valence-electron chi connectivity index (χ1n) is 8.43. The number of anilines is 2. The van der Waals surface area contributed by atoms with Gasteiger partial charge in [-0.25, -0.2) is 0 Å². The zero-order valence-corrected chi connectivity index (χ0v) is 14.7. The fraction of sp³-hybridized carbons (Fsp3) is 0.368. The molecular formula is C19H23N3O3. The molecule has 0 spiro atoms. The van der Waals surface area contributed by atoms with Crippen LogP contribution in [0.4, 0.5) is 11.4 Å². The van der Waals surface area contributed by atoms with Crippen molar-refractivity contribution in [2.75, 3.05) is 23.3 Å². The number of H-pyrrole nitrogens is 1. The zero-order valence-electron chi connectivity index (χ0n) is 14.7. The highest BCUT2D eigenvalue weighted by atomic mass is 16.5. The average Bonchev–Trinajstić information content (AvgIpc) is 3.05. The Balaban J connectivity index is 1.65. The maximum absolute atomic E-state index is 12.2. The molecule has 1 amide bonds. The number of hydrogen-bond donors (Lipinski definition) is 2. The number of Topliss-reactive ketones (excluding diaryl/α,β-unsaturated/α-hetero) is 1. The number of nitrogens with zero attached hydrogens (tertiary/aromatic N) is 1. The predicted octanol–water partition coefficient (Wildman–Crippen LogP) is 3.08. The van der Waals surface area contributed by atoms with Crippen molar-refractivity contribution in [2.45, 2.75) is 33.0 Å². The molecule has 25 heavy (non-hydrogen) atoms. The summed E-state index contributed by atoms with van der Waals surface area (Å²) in [4.78, 5) is 28.7. The zero-order chi connectivity index (χ0) is 18.0. The Bertz CT molecular complexity index is 756. The smallest absolute Gasteiger partial charge is 0.272 e. The van der Waals surface area contributed by atoms with Crippen LogP contribution in [-0.2, 0) is 4.74 Å². The third-order valence-corrected chi connectivity index (χ3v) is 4.24. The number of rotatable bonds is 4. The molecule has 2 atom stereocenters. The lowest BCUT2D eigenvalue weighted by atomic mass is 10.2. The quantitative estimate of drug-likeness (QED) is 0.838. The van der Waals surface area contributed by atoms with Gasteiger partial charge in [-0.15, -0.1) is 0 Å². The standard InChI is InChI=1S/C19H23N3O3/c1-12-10-22(11-13(2)25-12)17-6-4-16(5-7-17)21-19(24)18-8-15(9-20-18)14(3)23/h4-9,12-13,20H,10-11H2,1-3H3,(H,21,24)/t12-,13-/m0/s1. The van der Waals surface area contributed by atoms with Crippen molar-refractivity contribution >= 4 is 23.1 Å². The van der Waals surface area contributed by atoms with Crippen molar-refractivity contribution in [1.29, 1.82) is 0 Å². The van der Waals surface area contributed by atoms with Crippen LogP contribution < -0.4 is 10.2 Å². The van der Waals surface area contributed by atoms with Gasteiger partial charge in [0.1, 0.15) is 5.69 Å². The van der Waals surface area contributed by atoms with Gasteiger partial charge < -0.3 is 19.9 Å². The highest BCUT2D eigenvalue weighted by Gasteiger charge is 2.22. The Morgan fingerprint density at radius 2 is 1.80 bits per heavy atom. The highest BCUT2D eigenvalue weighted by Crippen LogP contribution is 2.22. The van der Waals surface area contributed by atoms with Gasteiger partial charge in [-0.2, -0.15) is 0 Å².